The number of aliphatic hydroxyl groups is 1. The molecule has 2 heterocycles. The second-order valence-corrected chi connectivity index (χ2v) is 6.65. The summed E-state index contributed by atoms with van der Waals surface area (Å²) >= 11 is 0. The zero-order chi connectivity index (χ0) is 15.5. The van der Waals surface area contributed by atoms with E-state index in [9.17, 15) is 15.2 Å². The predicted octanol–water partition coefficient (Wildman–Crippen LogP) is 1.66. The van der Waals surface area contributed by atoms with Crippen LogP contribution in [0.4, 0.5) is 5.69 Å². The van der Waals surface area contributed by atoms with E-state index in [0.717, 1.165) is 25.9 Å². The third kappa shape index (κ3) is 4.78. The van der Waals surface area contributed by atoms with Crippen LogP contribution in [-0.4, -0.2) is 50.4 Å². The van der Waals surface area contributed by atoms with Crippen molar-refractivity contribution in [2.24, 2.45) is 5.41 Å². The lowest BCUT2D eigenvalue weighted by Gasteiger charge is -2.25. The highest BCUT2D eigenvalue weighted by Crippen LogP contribution is 2.29. The van der Waals surface area contributed by atoms with E-state index >= 15 is 0 Å². The fourth-order valence-corrected chi connectivity index (χ4v) is 2.78. The Morgan fingerprint density at radius 3 is 2.86 bits per heavy atom. The van der Waals surface area contributed by atoms with Crippen LogP contribution in [0.1, 0.15) is 33.1 Å². The molecule has 0 spiro atoms. The molecule has 7 heteroatoms. The van der Waals surface area contributed by atoms with Gasteiger partial charge in [-0.25, -0.2) is 0 Å². The van der Waals surface area contributed by atoms with Gasteiger partial charge in [0.25, 0.3) is 0 Å². The fraction of sp³-hybridized carbons (Fsp3) is 0.786. The van der Waals surface area contributed by atoms with Crippen molar-refractivity contribution in [3.05, 3.63) is 22.5 Å². The lowest BCUT2D eigenvalue weighted by atomic mass is 9.85. The number of aliphatic hydroxyl groups excluding tert-OH is 1. The Morgan fingerprint density at radius 2 is 2.19 bits per heavy atom. The van der Waals surface area contributed by atoms with Gasteiger partial charge in [0.05, 0.1) is 17.6 Å². The molecule has 0 saturated carbocycles. The molecule has 0 bridgehead atoms. The monoisotopic (exact) mass is 296 g/mol. The van der Waals surface area contributed by atoms with Crippen LogP contribution in [0.2, 0.25) is 0 Å². The molecule has 1 aromatic heterocycles. The van der Waals surface area contributed by atoms with E-state index in [0.29, 0.717) is 12.0 Å². The van der Waals surface area contributed by atoms with E-state index in [2.05, 4.69) is 23.8 Å². The normalized spacial score (nSPS) is 20.9. The number of likely N-dealkylation sites (tertiary alicyclic amines) is 1. The molecule has 1 aromatic rings. The van der Waals surface area contributed by atoms with E-state index < -0.39 is 11.0 Å². The summed E-state index contributed by atoms with van der Waals surface area (Å²) in [5.41, 5.74) is 0.334. The molecule has 1 saturated heterocycles. The fourth-order valence-electron chi connectivity index (χ4n) is 2.78. The van der Waals surface area contributed by atoms with Gasteiger partial charge in [-0.1, -0.05) is 13.8 Å². The molecule has 0 aromatic carbocycles. The van der Waals surface area contributed by atoms with Crippen LogP contribution in [0.15, 0.2) is 12.4 Å². The number of nitro groups is 1. The van der Waals surface area contributed by atoms with E-state index in [-0.39, 0.29) is 12.2 Å². The van der Waals surface area contributed by atoms with Gasteiger partial charge in [-0.15, -0.1) is 0 Å². The van der Waals surface area contributed by atoms with E-state index in [4.69, 9.17) is 0 Å². The first kappa shape index (κ1) is 15.9. The second kappa shape index (κ2) is 6.53. The minimum absolute atomic E-state index is 0.0428. The summed E-state index contributed by atoms with van der Waals surface area (Å²) in [5.74, 6) is 0. The van der Waals surface area contributed by atoms with Gasteiger partial charge in [0, 0.05) is 6.54 Å². The molecule has 1 atom stereocenters. The third-order valence-corrected chi connectivity index (χ3v) is 4.13. The maximum Gasteiger partial charge on any atom is 0.306 e. The summed E-state index contributed by atoms with van der Waals surface area (Å²) in [7, 11) is 0. The quantitative estimate of drug-likeness (QED) is 0.660. The summed E-state index contributed by atoms with van der Waals surface area (Å²) < 4.78 is 1.44. The van der Waals surface area contributed by atoms with Gasteiger partial charge in [-0.05, 0) is 37.8 Å². The summed E-state index contributed by atoms with van der Waals surface area (Å²) in [5, 5.41) is 24.7. The van der Waals surface area contributed by atoms with Crippen molar-refractivity contribution in [3.8, 4) is 0 Å². The zero-order valence-electron chi connectivity index (χ0n) is 12.7. The van der Waals surface area contributed by atoms with Crippen molar-refractivity contribution in [1.82, 2.24) is 14.7 Å². The van der Waals surface area contributed by atoms with Gasteiger partial charge in [0.1, 0.15) is 12.4 Å². The molecule has 1 aliphatic heterocycles. The predicted molar refractivity (Wildman–Crippen MR) is 79.0 cm³/mol. The van der Waals surface area contributed by atoms with Crippen molar-refractivity contribution in [2.45, 2.75) is 45.8 Å². The van der Waals surface area contributed by atoms with Gasteiger partial charge < -0.3 is 10.0 Å². The average molecular weight is 296 g/mol. The molecule has 0 radical (unpaired) electrons. The Bertz CT molecular complexity index is 486. The van der Waals surface area contributed by atoms with Gasteiger partial charge in [-0.2, -0.15) is 5.10 Å². The maximum atomic E-state index is 10.6. The van der Waals surface area contributed by atoms with Crippen LogP contribution in [0.25, 0.3) is 0 Å². The first-order valence-electron chi connectivity index (χ1n) is 7.43. The highest BCUT2D eigenvalue weighted by Gasteiger charge is 2.24. The SMILES string of the molecule is CC1(C)CCCN(CC(O)Cn2cc([N+](=O)[O-])cn2)CC1. The van der Waals surface area contributed by atoms with Crippen molar-refractivity contribution in [1.29, 1.82) is 0 Å². The van der Waals surface area contributed by atoms with Gasteiger partial charge in [-0.3, -0.25) is 14.8 Å². The lowest BCUT2D eigenvalue weighted by Crippen LogP contribution is -2.35. The van der Waals surface area contributed by atoms with Crippen LogP contribution in [0, 0.1) is 15.5 Å². The van der Waals surface area contributed by atoms with Crippen molar-refractivity contribution in [3.63, 3.8) is 0 Å². The minimum atomic E-state index is -0.564. The largest absolute Gasteiger partial charge is 0.390 e. The number of hydrogen-bond acceptors (Lipinski definition) is 5. The molecule has 1 N–H and O–H groups in total. The number of nitrogens with zero attached hydrogens (tertiary/aromatic N) is 4. The number of hydrogen-bond donors (Lipinski definition) is 1. The summed E-state index contributed by atoms with van der Waals surface area (Å²) in [6.45, 7) is 7.44. The Labute approximate surface area is 124 Å². The van der Waals surface area contributed by atoms with Crippen molar-refractivity contribution >= 4 is 5.69 Å². The maximum absolute atomic E-state index is 10.6. The molecule has 21 heavy (non-hydrogen) atoms. The first-order chi connectivity index (χ1) is 9.85. The molecule has 1 aliphatic rings. The summed E-state index contributed by atoms with van der Waals surface area (Å²) in [6.07, 6.45) is 5.49. The topological polar surface area (TPSA) is 84.4 Å². The molecule has 2 rings (SSSR count). The number of aromatic nitrogens is 2. The average Bonchev–Trinajstić information content (AvgIpc) is 2.77. The molecule has 0 amide bonds. The summed E-state index contributed by atoms with van der Waals surface area (Å²) in [4.78, 5) is 12.4. The van der Waals surface area contributed by atoms with Crippen molar-refractivity contribution < 1.29 is 10.0 Å². The Kier molecular flexibility index (Phi) is 4.95. The highest BCUT2D eigenvalue weighted by molar-refractivity contribution is 5.20. The molecular formula is C14H24N4O3. The molecular weight excluding hydrogens is 272 g/mol. The van der Waals surface area contributed by atoms with E-state index in [1.807, 2.05) is 0 Å². The van der Waals surface area contributed by atoms with Crippen molar-refractivity contribution in [2.75, 3.05) is 19.6 Å². The lowest BCUT2D eigenvalue weighted by molar-refractivity contribution is -0.385. The van der Waals surface area contributed by atoms with Gasteiger partial charge in [0.15, 0.2) is 0 Å². The second-order valence-electron chi connectivity index (χ2n) is 6.65. The van der Waals surface area contributed by atoms with E-state index in [1.54, 1.807) is 0 Å². The molecule has 1 unspecified atom stereocenters. The molecule has 7 nitrogen and oxygen atoms in total. The Hall–Kier alpha value is -1.47. The van der Waals surface area contributed by atoms with Gasteiger partial charge >= 0.3 is 5.69 Å². The zero-order valence-corrected chi connectivity index (χ0v) is 12.7. The minimum Gasteiger partial charge on any atom is -0.390 e. The van der Waals surface area contributed by atoms with Crippen LogP contribution in [-0.2, 0) is 6.54 Å². The number of rotatable bonds is 5. The smallest absolute Gasteiger partial charge is 0.306 e. The number of β-amino-alcohol motifs (C(OH)–C–C–N with tert-alkyl or cyclic N) is 1. The molecule has 118 valence electrons. The van der Waals surface area contributed by atoms with E-state index in [1.165, 1.54) is 23.5 Å². The van der Waals surface area contributed by atoms with Crippen LogP contribution >= 0.6 is 0 Å². The highest BCUT2D eigenvalue weighted by atomic mass is 16.6. The van der Waals surface area contributed by atoms with Crippen LogP contribution in [0.5, 0.6) is 0 Å². The molecule has 0 aliphatic carbocycles. The van der Waals surface area contributed by atoms with Gasteiger partial charge in [0.2, 0.25) is 0 Å². The van der Waals surface area contributed by atoms with Crippen LogP contribution in [0.3, 0.4) is 0 Å². The molecule has 1 fully saturated rings. The summed E-state index contributed by atoms with van der Waals surface area (Å²) in [6, 6.07) is 0. The first-order valence-corrected chi connectivity index (χ1v) is 7.43. The third-order valence-electron chi connectivity index (χ3n) is 4.13. The van der Waals surface area contributed by atoms with Crippen LogP contribution < -0.4 is 0 Å². The standard InChI is InChI=1S/C14H24N4O3/c1-14(2)4-3-6-16(7-5-14)10-13(19)11-17-9-12(8-15-17)18(20)21/h8-9,13,19H,3-7,10-11H2,1-2H3. The Morgan fingerprint density at radius 1 is 1.43 bits per heavy atom. The Balaban J connectivity index is 1.83.